The van der Waals surface area contributed by atoms with E-state index in [1.807, 2.05) is 19.1 Å². The third-order valence-electron chi connectivity index (χ3n) is 4.52. The highest BCUT2D eigenvalue weighted by molar-refractivity contribution is 6.32. The normalized spacial score (nSPS) is 15.8. The molecule has 0 aromatic heterocycles. The Hall–Kier alpha value is -2.44. The Morgan fingerprint density at radius 1 is 1.15 bits per heavy atom. The smallest absolute Gasteiger partial charge is 0.255 e. The minimum atomic E-state index is -0.243. The van der Waals surface area contributed by atoms with Gasteiger partial charge in [-0.25, -0.2) is 0 Å². The topological polar surface area (TPSA) is 60.0 Å². The standard InChI is InChI=1S/C19H19ClN2O4/c1-12-8-14(22-4-6-24-7-5-22)2-3-16(12)21-19(23)13-9-15(20)18-17(10-13)25-11-26-18/h2-3,8-10H,4-7,11H2,1H3,(H,21,23). The van der Waals surface area contributed by atoms with Crippen molar-refractivity contribution >= 4 is 28.9 Å². The lowest BCUT2D eigenvalue weighted by molar-refractivity contribution is 0.102. The van der Waals surface area contributed by atoms with Gasteiger partial charge in [0.15, 0.2) is 11.5 Å². The van der Waals surface area contributed by atoms with Gasteiger partial charge >= 0.3 is 0 Å². The Morgan fingerprint density at radius 2 is 1.96 bits per heavy atom. The molecule has 0 bridgehead atoms. The lowest BCUT2D eigenvalue weighted by Crippen LogP contribution is -2.36. The second kappa shape index (κ2) is 7.05. The maximum absolute atomic E-state index is 12.6. The molecule has 2 aliphatic rings. The maximum atomic E-state index is 12.6. The second-order valence-corrected chi connectivity index (χ2v) is 6.65. The molecule has 4 rings (SSSR count). The van der Waals surface area contributed by atoms with Gasteiger partial charge in [-0.3, -0.25) is 4.79 Å². The van der Waals surface area contributed by atoms with Crippen LogP contribution in [0.15, 0.2) is 30.3 Å². The Morgan fingerprint density at radius 3 is 2.73 bits per heavy atom. The summed E-state index contributed by atoms with van der Waals surface area (Å²) in [5.41, 5.74) is 3.32. The molecule has 2 aromatic rings. The largest absolute Gasteiger partial charge is 0.454 e. The van der Waals surface area contributed by atoms with Crippen molar-refractivity contribution in [3.63, 3.8) is 0 Å². The molecule has 1 saturated heterocycles. The summed E-state index contributed by atoms with van der Waals surface area (Å²) in [7, 11) is 0. The molecule has 1 N–H and O–H groups in total. The van der Waals surface area contributed by atoms with Crippen molar-refractivity contribution in [1.29, 1.82) is 0 Å². The van der Waals surface area contributed by atoms with Crippen LogP contribution in [0.3, 0.4) is 0 Å². The molecule has 0 radical (unpaired) electrons. The first kappa shape index (κ1) is 17.0. The van der Waals surface area contributed by atoms with Crippen LogP contribution in [-0.2, 0) is 4.74 Å². The number of rotatable bonds is 3. The summed E-state index contributed by atoms with van der Waals surface area (Å²) < 4.78 is 16.0. The Bertz CT molecular complexity index is 850. The molecule has 2 heterocycles. The predicted molar refractivity (Wildman–Crippen MR) is 99.7 cm³/mol. The molecule has 7 heteroatoms. The van der Waals surface area contributed by atoms with Crippen LogP contribution >= 0.6 is 11.6 Å². The number of morpholine rings is 1. The predicted octanol–water partition coefficient (Wildman–Crippen LogP) is 3.47. The Labute approximate surface area is 156 Å². The van der Waals surface area contributed by atoms with Crippen LogP contribution in [-0.4, -0.2) is 39.0 Å². The van der Waals surface area contributed by atoms with Crippen LogP contribution in [0.25, 0.3) is 0 Å². The number of aryl methyl sites for hydroxylation is 1. The van der Waals surface area contributed by atoms with Gasteiger partial charge in [0.1, 0.15) is 0 Å². The number of nitrogens with one attached hydrogen (secondary N) is 1. The van der Waals surface area contributed by atoms with E-state index in [0.29, 0.717) is 22.1 Å². The summed E-state index contributed by atoms with van der Waals surface area (Å²) >= 11 is 6.16. The molecule has 0 spiro atoms. The fourth-order valence-corrected chi connectivity index (χ4v) is 3.36. The molecule has 6 nitrogen and oxygen atoms in total. The number of carbonyl (C=O) groups is 1. The Kier molecular flexibility index (Phi) is 4.61. The van der Waals surface area contributed by atoms with E-state index in [2.05, 4.69) is 16.3 Å². The fourth-order valence-electron chi connectivity index (χ4n) is 3.10. The van der Waals surface area contributed by atoms with Crippen LogP contribution in [0.1, 0.15) is 15.9 Å². The van der Waals surface area contributed by atoms with E-state index in [-0.39, 0.29) is 12.7 Å². The molecular formula is C19H19ClN2O4. The van der Waals surface area contributed by atoms with Crippen molar-refractivity contribution in [1.82, 2.24) is 0 Å². The van der Waals surface area contributed by atoms with E-state index >= 15 is 0 Å². The number of hydrogen-bond acceptors (Lipinski definition) is 5. The van der Waals surface area contributed by atoms with Crippen molar-refractivity contribution in [3.05, 3.63) is 46.5 Å². The molecule has 2 aliphatic heterocycles. The van der Waals surface area contributed by atoms with E-state index in [0.717, 1.165) is 43.2 Å². The summed E-state index contributed by atoms with van der Waals surface area (Å²) in [6.45, 7) is 5.32. The van der Waals surface area contributed by atoms with Gasteiger partial charge in [0.25, 0.3) is 5.91 Å². The summed E-state index contributed by atoms with van der Waals surface area (Å²) in [5.74, 6) is 0.726. The minimum Gasteiger partial charge on any atom is -0.454 e. The molecule has 0 saturated carbocycles. The van der Waals surface area contributed by atoms with E-state index < -0.39 is 0 Å². The highest BCUT2D eigenvalue weighted by Crippen LogP contribution is 2.40. The van der Waals surface area contributed by atoms with E-state index in [1.54, 1.807) is 12.1 Å². The van der Waals surface area contributed by atoms with Crippen LogP contribution in [0.2, 0.25) is 5.02 Å². The van der Waals surface area contributed by atoms with Gasteiger partial charge in [0.2, 0.25) is 6.79 Å². The van der Waals surface area contributed by atoms with Crippen LogP contribution in [0.5, 0.6) is 11.5 Å². The number of ether oxygens (including phenoxy) is 3. The molecule has 0 atom stereocenters. The molecule has 2 aromatic carbocycles. The first-order valence-electron chi connectivity index (χ1n) is 8.45. The second-order valence-electron chi connectivity index (χ2n) is 6.24. The summed E-state index contributed by atoms with van der Waals surface area (Å²) in [4.78, 5) is 14.9. The summed E-state index contributed by atoms with van der Waals surface area (Å²) in [6, 6.07) is 9.24. The highest BCUT2D eigenvalue weighted by Gasteiger charge is 2.21. The summed E-state index contributed by atoms with van der Waals surface area (Å²) in [5, 5.41) is 3.30. The monoisotopic (exact) mass is 374 g/mol. The molecule has 0 unspecified atom stereocenters. The van der Waals surface area contributed by atoms with Crippen molar-refractivity contribution in [2.45, 2.75) is 6.92 Å². The first-order chi connectivity index (χ1) is 12.6. The molecular weight excluding hydrogens is 356 g/mol. The molecule has 1 amide bonds. The zero-order valence-electron chi connectivity index (χ0n) is 14.4. The lowest BCUT2D eigenvalue weighted by atomic mass is 10.1. The van der Waals surface area contributed by atoms with Gasteiger partial charge in [-0.05, 0) is 42.8 Å². The zero-order chi connectivity index (χ0) is 18.1. The molecule has 1 fully saturated rings. The maximum Gasteiger partial charge on any atom is 0.255 e. The SMILES string of the molecule is Cc1cc(N2CCOCC2)ccc1NC(=O)c1cc(Cl)c2c(c1)OCO2. The molecule has 0 aliphatic carbocycles. The van der Waals surface area contributed by atoms with Crippen molar-refractivity contribution < 1.29 is 19.0 Å². The average molecular weight is 375 g/mol. The van der Waals surface area contributed by atoms with Crippen LogP contribution in [0, 0.1) is 6.92 Å². The van der Waals surface area contributed by atoms with Crippen molar-refractivity contribution in [2.75, 3.05) is 43.3 Å². The van der Waals surface area contributed by atoms with E-state index in [9.17, 15) is 4.79 Å². The number of carbonyl (C=O) groups excluding carboxylic acids is 1. The number of halogens is 1. The van der Waals surface area contributed by atoms with E-state index in [4.69, 9.17) is 25.8 Å². The number of benzene rings is 2. The zero-order valence-corrected chi connectivity index (χ0v) is 15.1. The van der Waals surface area contributed by atoms with Gasteiger partial charge in [-0.15, -0.1) is 0 Å². The van der Waals surface area contributed by atoms with Gasteiger partial charge in [0.05, 0.1) is 18.2 Å². The highest BCUT2D eigenvalue weighted by atomic mass is 35.5. The Balaban J connectivity index is 1.52. The third-order valence-corrected chi connectivity index (χ3v) is 4.80. The number of hydrogen-bond donors (Lipinski definition) is 1. The van der Waals surface area contributed by atoms with Crippen molar-refractivity contribution in [3.8, 4) is 11.5 Å². The number of fused-ring (bicyclic) bond motifs is 1. The van der Waals surface area contributed by atoms with Crippen molar-refractivity contribution in [2.24, 2.45) is 0 Å². The lowest BCUT2D eigenvalue weighted by Gasteiger charge is -2.29. The van der Waals surface area contributed by atoms with Crippen LogP contribution < -0.4 is 19.7 Å². The van der Waals surface area contributed by atoms with Gasteiger partial charge < -0.3 is 24.4 Å². The van der Waals surface area contributed by atoms with Gasteiger partial charge in [-0.1, -0.05) is 11.6 Å². The molecule has 136 valence electrons. The van der Waals surface area contributed by atoms with Crippen LogP contribution in [0.4, 0.5) is 11.4 Å². The average Bonchev–Trinajstić information content (AvgIpc) is 3.13. The minimum absolute atomic E-state index is 0.113. The van der Waals surface area contributed by atoms with Gasteiger partial charge in [-0.2, -0.15) is 0 Å². The summed E-state index contributed by atoms with van der Waals surface area (Å²) in [6.07, 6.45) is 0. The quantitative estimate of drug-likeness (QED) is 0.891. The number of anilines is 2. The first-order valence-corrected chi connectivity index (χ1v) is 8.83. The molecule has 26 heavy (non-hydrogen) atoms. The number of nitrogens with zero attached hydrogens (tertiary/aromatic N) is 1. The van der Waals surface area contributed by atoms with Gasteiger partial charge in [0, 0.05) is 30.0 Å². The number of amides is 1. The third kappa shape index (κ3) is 3.30. The van der Waals surface area contributed by atoms with E-state index in [1.165, 1.54) is 0 Å². The fraction of sp³-hybridized carbons (Fsp3) is 0.316.